The SMILES string of the molecule is O=S(=O)(Cl)CC12COCC1C2. The molecule has 0 radical (unpaired) electrons. The zero-order valence-corrected chi connectivity index (χ0v) is 7.49. The number of halogens is 1. The highest BCUT2D eigenvalue weighted by atomic mass is 35.7. The summed E-state index contributed by atoms with van der Waals surface area (Å²) in [6, 6.07) is 0. The van der Waals surface area contributed by atoms with Crippen molar-refractivity contribution in [3.05, 3.63) is 0 Å². The zero-order chi connectivity index (χ0) is 8.11. The minimum atomic E-state index is -3.33. The van der Waals surface area contributed by atoms with E-state index < -0.39 is 9.05 Å². The lowest BCUT2D eigenvalue weighted by Gasteiger charge is -2.06. The third-order valence-corrected chi connectivity index (χ3v) is 3.77. The van der Waals surface area contributed by atoms with Crippen molar-refractivity contribution >= 4 is 19.7 Å². The molecule has 0 bridgehead atoms. The number of fused-ring (bicyclic) bond motifs is 1. The Morgan fingerprint density at radius 2 is 2.36 bits per heavy atom. The minimum Gasteiger partial charge on any atom is -0.381 e. The van der Waals surface area contributed by atoms with Crippen molar-refractivity contribution in [2.24, 2.45) is 11.3 Å². The van der Waals surface area contributed by atoms with Gasteiger partial charge in [-0.25, -0.2) is 8.42 Å². The van der Waals surface area contributed by atoms with Crippen LogP contribution in [0.1, 0.15) is 6.42 Å². The molecule has 0 spiro atoms. The van der Waals surface area contributed by atoms with E-state index in [9.17, 15) is 8.42 Å². The molecule has 0 amide bonds. The standard InChI is InChI=1S/C6H9ClO3S/c7-11(8,9)4-6-1-5(6)2-10-3-6/h5H,1-4H2. The molecule has 1 saturated heterocycles. The molecule has 1 aliphatic carbocycles. The molecule has 11 heavy (non-hydrogen) atoms. The van der Waals surface area contributed by atoms with Gasteiger partial charge in [-0.3, -0.25) is 0 Å². The van der Waals surface area contributed by atoms with Crippen molar-refractivity contribution < 1.29 is 13.2 Å². The molecule has 0 aromatic carbocycles. The van der Waals surface area contributed by atoms with Crippen molar-refractivity contribution in [1.29, 1.82) is 0 Å². The van der Waals surface area contributed by atoms with Crippen LogP contribution in [-0.4, -0.2) is 27.4 Å². The Labute approximate surface area is 70.1 Å². The van der Waals surface area contributed by atoms with Gasteiger partial charge < -0.3 is 4.74 Å². The maximum absolute atomic E-state index is 10.7. The predicted octanol–water partition coefficient (Wildman–Crippen LogP) is 0.592. The van der Waals surface area contributed by atoms with Crippen LogP contribution in [0.3, 0.4) is 0 Å². The van der Waals surface area contributed by atoms with Gasteiger partial charge >= 0.3 is 0 Å². The Morgan fingerprint density at radius 1 is 1.64 bits per heavy atom. The van der Waals surface area contributed by atoms with Crippen molar-refractivity contribution in [3.8, 4) is 0 Å². The van der Waals surface area contributed by atoms with Crippen LogP contribution in [0.25, 0.3) is 0 Å². The van der Waals surface area contributed by atoms with E-state index in [2.05, 4.69) is 0 Å². The molecule has 2 unspecified atom stereocenters. The molecule has 0 aromatic heterocycles. The summed E-state index contributed by atoms with van der Waals surface area (Å²) in [6.07, 6.45) is 0.971. The smallest absolute Gasteiger partial charge is 0.233 e. The van der Waals surface area contributed by atoms with Crippen molar-refractivity contribution in [2.75, 3.05) is 19.0 Å². The van der Waals surface area contributed by atoms with E-state index in [-0.39, 0.29) is 11.2 Å². The Kier molecular flexibility index (Phi) is 1.51. The fourth-order valence-electron chi connectivity index (χ4n) is 1.81. The number of hydrogen-bond acceptors (Lipinski definition) is 3. The van der Waals surface area contributed by atoms with Gasteiger partial charge in [0, 0.05) is 16.1 Å². The fourth-order valence-corrected chi connectivity index (χ4v) is 3.59. The minimum absolute atomic E-state index is 0.0895. The lowest BCUT2D eigenvalue weighted by molar-refractivity contribution is 0.151. The van der Waals surface area contributed by atoms with Gasteiger partial charge in [-0.2, -0.15) is 0 Å². The van der Waals surface area contributed by atoms with Crippen LogP contribution in [0.15, 0.2) is 0 Å². The van der Waals surface area contributed by atoms with Gasteiger partial charge in [0.15, 0.2) is 0 Å². The maximum atomic E-state index is 10.7. The molecular formula is C6H9ClO3S. The summed E-state index contributed by atoms with van der Waals surface area (Å²) in [6.45, 7) is 1.29. The normalized spacial score (nSPS) is 42.1. The van der Waals surface area contributed by atoms with Crippen LogP contribution in [0.5, 0.6) is 0 Å². The predicted molar refractivity (Wildman–Crippen MR) is 41.0 cm³/mol. The Bertz CT molecular complexity index is 274. The Hall–Kier alpha value is 0.200. The molecule has 0 N–H and O–H groups in total. The average molecular weight is 197 g/mol. The second-order valence-electron chi connectivity index (χ2n) is 3.46. The second-order valence-corrected chi connectivity index (χ2v) is 6.24. The van der Waals surface area contributed by atoms with Gasteiger partial charge in [-0.15, -0.1) is 0 Å². The highest BCUT2D eigenvalue weighted by molar-refractivity contribution is 8.13. The third-order valence-electron chi connectivity index (χ3n) is 2.53. The zero-order valence-electron chi connectivity index (χ0n) is 5.92. The first-order valence-electron chi connectivity index (χ1n) is 3.52. The summed E-state index contributed by atoms with van der Waals surface area (Å²) in [7, 11) is 1.81. The summed E-state index contributed by atoms with van der Waals surface area (Å²) >= 11 is 0. The summed E-state index contributed by atoms with van der Waals surface area (Å²) in [5, 5.41) is 0. The van der Waals surface area contributed by atoms with Crippen LogP contribution in [0.2, 0.25) is 0 Å². The molecule has 1 saturated carbocycles. The van der Waals surface area contributed by atoms with E-state index >= 15 is 0 Å². The highest BCUT2D eigenvalue weighted by Crippen LogP contribution is 2.57. The third kappa shape index (κ3) is 1.39. The van der Waals surface area contributed by atoms with Crippen LogP contribution < -0.4 is 0 Å². The van der Waals surface area contributed by atoms with E-state index in [0.29, 0.717) is 19.1 Å². The van der Waals surface area contributed by atoms with Crippen molar-refractivity contribution in [1.82, 2.24) is 0 Å². The average Bonchev–Trinajstić information content (AvgIpc) is 2.30. The van der Waals surface area contributed by atoms with Gasteiger partial charge in [0.1, 0.15) is 0 Å². The molecule has 2 fully saturated rings. The van der Waals surface area contributed by atoms with Gasteiger partial charge in [-0.1, -0.05) is 0 Å². The highest BCUT2D eigenvalue weighted by Gasteiger charge is 2.59. The summed E-state index contributed by atoms with van der Waals surface area (Å²) in [5.74, 6) is 0.544. The monoisotopic (exact) mass is 196 g/mol. The van der Waals surface area contributed by atoms with Gasteiger partial charge in [-0.05, 0) is 12.3 Å². The topological polar surface area (TPSA) is 43.4 Å². The van der Waals surface area contributed by atoms with Crippen LogP contribution in [0.4, 0.5) is 0 Å². The summed E-state index contributed by atoms with van der Waals surface area (Å²) in [4.78, 5) is 0. The summed E-state index contributed by atoms with van der Waals surface area (Å²) in [5.41, 5.74) is -0.0966. The fraction of sp³-hybridized carbons (Fsp3) is 1.00. The largest absolute Gasteiger partial charge is 0.381 e. The van der Waals surface area contributed by atoms with E-state index in [4.69, 9.17) is 15.4 Å². The molecule has 2 rings (SSSR count). The van der Waals surface area contributed by atoms with Crippen LogP contribution in [-0.2, 0) is 13.8 Å². The first kappa shape index (κ1) is 7.83. The molecule has 2 aliphatic rings. The van der Waals surface area contributed by atoms with Gasteiger partial charge in [0.05, 0.1) is 19.0 Å². The quantitative estimate of drug-likeness (QED) is 0.608. The van der Waals surface area contributed by atoms with Gasteiger partial charge in [0.25, 0.3) is 0 Å². The van der Waals surface area contributed by atoms with E-state index in [0.717, 1.165) is 6.42 Å². The molecular weight excluding hydrogens is 188 g/mol. The molecule has 1 aliphatic heterocycles. The lowest BCUT2D eigenvalue weighted by Crippen LogP contribution is -2.16. The van der Waals surface area contributed by atoms with Crippen LogP contribution in [0, 0.1) is 11.3 Å². The molecule has 5 heteroatoms. The van der Waals surface area contributed by atoms with Gasteiger partial charge in [0.2, 0.25) is 9.05 Å². The molecule has 64 valence electrons. The number of rotatable bonds is 2. The Balaban J connectivity index is 2.08. The van der Waals surface area contributed by atoms with E-state index in [1.54, 1.807) is 0 Å². The van der Waals surface area contributed by atoms with Crippen molar-refractivity contribution in [3.63, 3.8) is 0 Å². The summed E-state index contributed by atoms with van der Waals surface area (Å²) < 4.78 is 26.6. The lowest BCUT2D eigenvalue weighted by atomic mass is 10.1. The second kappa shape index (κ2) is 2.12. The Morgan fingerprint density at radius 3 is 2.73 bits per heavy atom. The molecule has 3 nitrogen and oxygen atoms in total. The number of ether oxygens (including phenoxy) is 1. The first-order chi connectivity index (χ1) is 5.02. The number of hydrogen-bond donors (Lipinski definition) is 0. The van der Waals surface area contributed by atoms with E-state index in [1.165, 1.54) is 0 Å². The van der Waals surface area contributed by atoms with Crippen molar-refractivity contribution in [2.45, 2.75) is 6.42 Å². The maximum Gasteiger partial charge on any atom is 0.233 e. The van der Waals surface area contributed by atoms with Crippen LogP contribution >= 0.6 is 10.7 Å². The molecule has 2 atom stereocenters. The first-order valence-corrected chi connectivity index (χ1v) is 6.00. The van der Waals surface area contributed by atoms with E-state index in [1.807, 2.05) is 0 Å². The molecule has 0 aromatic rings. The molecule has 1 heterocycles.